The van der Waals surface area contributed by atoms with Gasteiger partial charge in [0.15, 0.2) is 11.5 Å². The van der Waals surface area contributed by atoms with Gasteiger partial charge in [-0.15, -0.1) is 0 Å². The standard InChI is InChI=1S/C16H20N2O2/c1-3-19-15-6-4-5-7-16(15)20-12-14-9-8-13(10-17-2)11-18-14/h4-9,11,17H,3,10,12H2,1-2H3. The monoisotopic (exact) mass is 272 g/mol. The van der Waals surface area contributed by atoms with Crippen LogP contribution in [0.5, 0.6) is 11.5 Å². The Bertz CT molecular complexity index is 526. The van der Waals surface area contributed by atoms with Crippen LogP contribution in [-0.2, 0) is 13.2 Å². The van der Waals surface area contributed by atoms with Gasteiger partial charge < -0.3 is 14.8 Å². The van der Waals surface area contributed by atoms with E-state index in [4.69, 9.17) is 9.47 Å². The SMILES string of the molecule is CCOc1ccccc1OCc1ccc(CNC)cn1. The number of hydrogen-bond donors (Lipinski definition) is 1. The van der Waals surface area contributed by atoms with Crippen molar-refractivity contribution in [2.45, 2.75) is 20.1 Å². The fourth-order valence-corrected chi connectivity index (χ4v) is 1.85. The van der Waals surface area contributed by atoms with Gasteiger partial charge in [-0.25, -0.2) is 0 Å². The predicted molar refractivity (Wildman–Crippen MR) is 78.9 cm³/mol. The molecule has 0 spiro atoms. The fourth-order valence-electron chi connectivity index (χ4n) is 1.85. The van der Waals surface area contributed by atoms with Crippen LogP contribution in [0.25, 0.3) is 0 Å². The minimum atomic E-state index is 0.434. The summed E-state index contributed by atoms with van der Waals surface area (Å²) in [5.41, 5.74) is 2.06. The molecule has 4 nitrogen and oxygen atoms in total. The lowest BCUT2D eigenvalue weighted by molar-refractivity contribution is 0.266. The van der Waals surface area contributed by atoms with E-state index in [2.05, 4.69) is 16.4 Å². The second-order valence-corrected chi connectivity index (χ2v) is 4.36. The lowest BCUT2D eigenvalue weighted by Gasteiger charge is -2.11. The molecule has 2 rings (SSSR count). The molecule has 0 fully saturated rings. The number of hydrogen-bond acceptors (Lipinski definition) is 4. The lowest BCUT2D eigenvalue weighted by atomic mass is 10.2. The zero-order valence-corrected chi connectivity index (χ0v) is 11.9. The molecule has 0 aliphatic heterocycles. The third-order valence-electron chi connectivity index (χ3n) is 2.79. The maximum atomic E-state index is 5.77. The number of ether oxygens (including phenoxy) is 2. The van der Waals surface area contributed by atoms with Gasteiger partial charge in [-0.1, -0.05) is 18.2 Å². The van der Waals surface area contributed by atoms with Gasteiger partial charge in [0.25, 0.3) is 0 Å². The van der Waals surface area contributed by atoms with E-state index in [9.17, 15) is 0 Å². The molecular weight excluding hydrogens is 252 g/mol. The highest BCUT2D eigenvalue weighted by Crippen LogP contribution is 2.26. The summed E-state index contributed by atoms with van der Waals surface area (Å²) < 4.78 is 11.3. The maximum Gasteiger partial charge on any atom is 0.161 e. The van der Waals surface area contributed by atoms with Crippen molar-refractivity contribution in [1.82, 2.24) is 10.3 Å². The fraction of sp³-hybridized carbons (Fsp3) is 0.312. The van der Waals surface area contributed by atoms with Crippen molar-refractivity contribution < 1.29 is 9.47 Å². The van der Waals surface area contributed by atoms with E-state index in [1.165, 1.54) is 0 Å². The largest absolute Gasteiger partial charge is 0.490 e. The van der Waals surface area contributed by atoms with E-state index >= 15 is 0 Å². The van der Waals surface area contributed by atoms with Crippen LogP contribution in [0.15, 0.2) is 42.6 Å². The van der Waals surface area contributed by atoms with Crippen LogP contribution in [0.4, 0.5) is 0 Å². The molecule has 0 aliphatic carbocycles. The number of nitrogens with one attached hydrogen (secondary N) is 1. The molecule has 1 N–H and O–H groups in total. The summed E-state index contributed by atoms with van der Waals surface area (Å²) in [6.07, 6.45) is 1.86. The van der Waals surface area contributed by atoms with E-state index < -0.39 is 0 Å². The zero-order chi connectivity index (χ0) is 14.2. The summed E-state index contributed by atoms with van der Waals surface area (Å²) in [7, 11) is 1.92. The molecule has 20 heavy (non-hydrogen) atoms. The number of nitrogens with zero attached hydrogens (tertiary/aromatic N) is 1. The zero-order valence-electron chi connectivity index (χ0n) is 11.9. The molecule has 4 heteroatoms. The highest BCUT2D eigenvalue weighted by Gasteiger charge is 2.04. The third-order valence-corrected chi connectivity index (χ3v) is 2.79. The van der Waals surface area contributed by atoms with E-state index in [0.29, 0.717) is 13.2 Å². The van der Waals surface area contributed by atoms with Crippen LogP contribution >= 0.6 is 0 Å². The Kier molecular flexibility index (Phi) is 5.38. The Morgan fingerprint density at radius 3 is 2.40 bits per heavy atom. The molecule has 0 saturated carbocycles. The molecule has 0 saturated heterocycles. The highest BCUT2D eigenvalue weighted by molar-refractivity contribution is 5.39. The Hall–Kier alpha value is -2.07. The first-order valence-corrected chi connectivity index (χ1v) is 6.76. The first-order valence-electron chi connectivity index (χ1n) is 6.76. The van der Waals surface area contributed by atoms with Crippen LogP contribution in [0.3, 0.4) is 0 Å². The lowest BCUT2D eigenvalue weighted by Crippen LogP contribution is -2.06. The van der Waals surface area contributed by atoms with Gasteiger partial charge in [0, 0.05) is 12.7 Å². The average molecular weight is 272 g/mol. The minimum Gasteiger partial charge on any atom is -0.490 e. The summed E-state index contributed by atoms with van der Waals surface area (Å²) in [5, 5.41) is 3.10. The van der Waals surface area contributed by atoms with E-state index in [0.717, 1.165) is 29.3 Å². The highest BCUT2D eigenvalue weighted by atomic mass is 16.5. The van der Waals surface area contributed by atoms with E-state index in [1.807, 2.05) is 50.5 Å². The molecule has 0 unspecified atom stereocenters. The second-order valence-electron chi connectivity index (χ2n) is 4.36. The van der Waals surface area contributed by atoms with Gasteiger partial charge in [-0.2, -0.15) is 0 Å². The summed E-state index contributed by atoms with van der Waals surface area (Å²) in [4.78, 5) is 4.38. The molecule has 106 valence electrons. The summed E-state index contributed by atoms with van der Waals surface area (Å²) in [5.74, 6) is 1.51. The van der Waals surface area contributed by atoms with Gasteiger partial charge in [0.1, 0.15) is 6.61 Å². The molecule has 1 aromatic heterocycles. The molecular formula is C16H20N2O2. The Labute approximate surface area is 119 Å². The van der Waals surface area contributed by atoms with E-state index in [1.54, 1.807) is 0 Å². The van der Waals surface area contributed by atoms with Crippen molar-refractivity contribution in [2.75, 3.05) is 13.7 Å². The first kappa shape index (κ1) is 14.3. The smallest absolute Gasteiger partial charge is 0.161 e. The van der Waals surface area contributed by atoms with Crippen molar-refractivity contribution in [3.8, 4) is 11.5 Å². The van der Waals surface area contributed by atoms with Crippen molar-refractivity contribution in [3.05, 3.63) is 53.9 Å². The molecule has 0 radical (unpaired) electrons. The predicted octanol–water partition coefficient (Wildman–Crippen LogP) is 2.78. The molecule has 0 aliphatic rings. The second kappa shape index (κ2) is 7.50. The van der Waals surface area contributed by atoms with Gasteiger partial charge in [-0.3, -0.25) is 4.98 Å². The van der Waals surface area contributed by atoms with Crippen LogP contribution in [0, 0.1) is 0 Å². The topological polar surface area (TPSA) is 43.4 Å². The maximum absolute atomic E-state index is 5.77. The average Bonchev–Trinajstić information content (AvgIpc) is 2.48. The Morgan fingerprint density at radius 1 is 1.05 bits per heavy atom. The van der Waals surface area contributed by atoms with Crippen LogP contribution in [-0.4, -0.2) is 18.6 Å². The van der Waals surface area contributed by atoms with Crippen molar-refractivity contribution >= 4 is 0 Å². The molecule has 1 heterocycles. The van der Waals surface area contributed by atoms with Crippen LogP contribution in [0.2, 0.25) is 0 Å². The molecule has 2 aromatic rings. The van der Waals surface area contributed by atoms with Crippen LogP contribution in [0.1, 0.15) is 18.2 Å². The number of para-hydroxylation sites is 2. The normalized spacial score (nSPS) is 10.3. The third kappa shape index (κ3) is 3.96. The number of benzene rings is 1. The van der Waals surface area contributed by atoms with Gasteiger partial charge >= 0.3 is 0 Å². The summed E-state index contributed by atoms with van der Waals surface area (Å²) >= 11 is 0. The number of pyridine rings is 1. The quantitative estimate of drug-likeness (QED) is 0.841. The van der Waals surface area contributed by atoms with Crippen LogP contribution < -0.4 is 14.8 Å². The molecule has 1 aromatic carbocycles. The molecule has 0 bridgehead atoms. The van der Waals surface area contributed by atoms with Crippen molar-refractivity contribution in [2.24, 2.45) is 0 Å². The number of aromatic nitrogens is 1. The van der Waals surface area contributed by atoms with Gasteiger partial charge in [-0.05, 0) is 37.7 Å². The molecule has 0 atom stereocenters. The summed E-state index contributed by atoms with van der Waals surface area (Å²) in [6, 6.07) is 11.7. The van der Waals surface area contributed by atoms with Gasteiger partial charge in [0.2, 0.25) is 0 Å². The Morgan fingerprint density at radius 2 is 1.80 bits per heavy atom. The molecule has 0 amide bonds. The number of rotatable bonds is 7. The van der Waals surface area contributed by atoms with E-state index in [-0.39, 0.29) is 0 Å². The van der Waals surface area contributed by atoms with Crippen molar-refractivity contribution in [3.63, 3.8) is 0 Å². The van der Waals surface area contributed by atoms with Gasteiger partial charge in [0.05, 0.1) is 12.3 Å². The van der Waals surface area contributed by atoms with Crippen molar-refractivity contribution in [1.29, 1.82) is 0 Å². The first-order chi connectivity index (χ1) is 9.83. The Balaban J connectivity index is 1.97. The minimum absolute atomic E-state index is 0.434. The summed E-state index contributed by atoms with van der Waals surface area (Å²) in [6.45, 7) is 3.83.